The lowest BCUT2D eigenvalue weighted by molar-refractivity contribution is -0.109. The largest absolute Gasteiger partial charge is 0.299 e. The van der Waals surface area contributed by atoms with E-state index in [1.54, 1.807) is 13.0 Å². The van der Waals surface area contributed by atoms with Gasteiger partial charge in [-0.1, -0.05) is 41.8 Å². The van der Waals surface area contributed by atoms with Crippen LogP contribution in [0.25, 0.3) is 6.08 Å². The lowest BCUT2D eigenvalue weighted by Gasteiger charge is -1.93. The quantitative estimate of drug-likeness (QED) is 0.360. The first-order valence-corrected chi connectivity index (χ1v) is 6.55. The number of hydrogen-bond acceptors (Lipinski definition) is 3. The number of carbonyl (C=O) groups is 2. The van der Waals surface area contributed by atoms with Gasteiger partial charge in [0.05, 0.1) is 0 Å². The predicted molar refractivity (Wildman–Crippen MR) is 76.2 cm³/mol. The summed E-state index contributed by atoms with van der Waals surface area (Å²) in [5, 5.41) is 0.128. The number of benzene rings is 1. The standard InChI is InChI=1S/C15H14O2S/c1-13(17)18-12-3-2-5-14-7-9-15(10-8-14)6-4-11-16/h4,6-11H,3,12H2,1H3/b6-4+. The highest BCUT2D eigenvalue weighted by Crippen LogP contribution is 2.05. The van der Waals surface area contributed by atoms with Gasteiger partial charge in [0.2, 0.25) is 0 Å². The van der Waals surface area contributed by atoms with Crippen molar-refractivity contribution in [2.45, 2.75) is 13.3 Å². The molecule has 18 heavy (non-hydrogen) atoms. The molecule has 0 saturated heterocycles. The van der Waals surface area contributed by atoms with Crippen molar-refractivity contribution in [3.63, 3.8) is 0 Å². The summed E-state index contributed by atoms with van der Waals surface area (Å²) >= 11 is 1.29. The van der Waals surface area contributed by atoms with Crippen molar-refractivity contribution in [3.05, 3.63) is 41.5 Å². The maximum Gasteiger partial charge on any atom is 0.185 e. The first kappa shape index (κ1) is 14.3. The Balaban J connectivity index is 2.48. The van der Waals surface area contributed by atoms with Crippen molar-refractivity contribution in [1.29, 1.82) is 0 Å². The maximum atomic E-state index is 10.7. The van der Waals surface area contributed by atoms with Crippen molar-refractivity contribution < 1.29 is 9.59 Å². The first-order valence-electron chi connectivity index (χ1n) is 5.56. The van der Waals surface area contributed by atoms with Crippen LogP contribution in [0.1, 0.15) is 24.5 Å². The van der Waals surface area contributed by atoms with Crippen LogP contribution < -0.4 is 0 Å². The Morgan fingerprint density at radius 2 is 2.06 bits per heavy atom. The molecule has 0 unspecified atom stereocenters. The van der Waals surface area contributed by atoms with Gasteiger partial charge in [-0.25, -0.2) is 0 Å². The molecular formula is C15H14O2S. The van der Waals surface area contributed by atoms with Crippen molar-refractivity contribution in [2.75, 3.05) is 5.75 Å². The van der Waals surface area contributed by atoms with Crippen LogP contribution in [0.3, 0.4) is 0 Å². The van der Waals surface area contributed by atoms with Gasteiger partial charge in [0.25, 0.3) is 0 Å². The molecule has 0 N–H and O–H groups in total. The van der Waals surface area contributed by atoms with Crippen LogP contribution in [-0.4, -0.2) is 17.2 Å². The van der Waals surface area contributed by atoms with E-state index in [0.29, 0.717) is 6.42 Å². The Morgan fingerprint density at radius 1 is 1.33 bits per heavy atom. The van der Waals surface area contributed by atoms with E-state index in [0.717, 1.165) is 23.2 Å². The minimum Gasteiger partial charge on any atom is -0.299 e. The molecular weight excluding hydrogens is 244 g/mol. The highest BCUT2D eigenvalue weighted by Gasteiger charge is 1.91. The Labute approximate surface area is 111 Å². The number of allylic oxidation sites excluding steroid dienone is 1. The minimum atomic E-state index is 0.128. The van der Waals surface area contributed by atoms with Gasteiger partial charge < -0.3 is 0 Å². The van der Waals surface area contributed by atoms with Crippen LogP contribution in [0.15, 0.2) is 30.3 Å². The van der Waals surface area contributed by atoms with Crippen LogP contribution in [0.4, 0.5) is 0 Å². The molecule has 0 heterocycles. The molecule has 0 fully saturated rings. The number of aldehydes is 1. The summed E-state index contributed by atoms with van der Waals surface area (Å²) in [6, 6.07) is 7.65. The fourth-order valence-corrected chi connectivity index (χ4v) is 1.73. The Hall–Kier alpha value is -1.79. The normalized spacial score (nSPS) is 9.83. The SMILES string of the molecule is CC(=O)SCCC#Cc1ccc(/C=C/C=O)cc1. The van der Waals surface area contributed by atoms with Crippen LogP contribution >= 0.6 is 11.8 Å². The van der Waals surface area contributed by atoms with E-state index in [9.17, 15) is 9.59 Å². The second kappa shape index (κ2) is 8.32. The topological polar surface area (TPSA) is 34.1 Å². The summed E-state index contributed by atoms with van der Waals surface area (Å²) < 4.78 is 0. The summed E-state index contributed by atoms with van der Waals surface area (Å²) in [5.41, 5.74) is 1.91. The summed E-state index contributed by atoms with van der Waals surface area (Å²) in [6.45, 7) is 1.56. The zero-order chi connectivity index (χ0) is 13.2. The number of carbonyl (C=O) groups excluding carboxylic acids is 2. The molecule has 0 amide bonds. The van der Waals surface area contributed by atoms with Gasteiger partial charge >= 0.3 is 0 Å². The molecule has 0 aliphatic heterocycles. The van der Waals surface area contributed by atoms with Gasteiger partial charge in [0.1, 0.15) is 6.29 Å². The molecule has 0 aromatic heterocycles. The molecule has 0 atom stereocenters. The molecule has 1 aromatic carbocycles. The highest BCUT2D eigenvalue weighted by molar-refractivity contribution is 8.13. The van der Waals surface area contributed by atoms with E-state index in [2.05, 4.69) is 11.8 Å². The van der Waals surface area contributed by atoms with Crippen molar-refractivity contribution >= 4 is 29.2 Å². The van der Waals surface area contributed by atoms with Gasteiger partial charge in [0, 0.05) is 24.7 Å². The van der Waals surface area contributed by atoms with Crippen molar-refractivity contribution in [3.8, 4) is 11.8 Å². The van der Waals surface area contributed by atoms with Crippen LogP contribution in [0.2, 0.25) is 0 Å². The molecule has 0 bridgehead atoms. The predicted octanol–water partition coefficient (Wildman–Crippen LogP) is 2.92. The fraction of sp³-hybridized carbons (Fsp3) is 0.200. The third-order valence-electron chi connectivity index (χ3n) is 2.04. The average Bonchev–Trinajstić information content (AvgIpc) is 2.37. The van der Waals surface area contributed by atoms with Gasteiger partial charge in [-0.05, 0) is 23.8 Å². The molecule has 0 saturated carbocycles. The summed E-state index contributed by atoms with van der Waals surface area (Å²) in [7, 11) is 0. The molecule has 0 aliphatic rings. The van der Waals surface area contributed by atoms with Gasteiger partial charge in [-0.2, -0.15) is 0 Å². The molecule has 0 aliphatic carbocycles. The van der Waals surface area contributed by atoms with Crippen LogP contribution in [0.5, 0.6) is 0 Å². The average molecular weight is 258 g/mol. The molecule has 0 spiro atoms. The van der Waals surface area contributed by atoms with E-state index in [-0.39, 0.29) is 5.12 Å². The molecule has 0 radical (unpaired) electrons. The second-order valence-corrected chi connectivity index (χ2v) is 4.78. The van der Waals surface area contributed by atoms with Crippen molar-refractivity contribution in [2.24, 2.45) is 0 Å². The Kier molecular flexibility index (Phi) is 6.60. The summed E-state index contributed by atoms with van der Waals surface area (Å²) in [6.07, 6.45) is 4.66. The van der Waals surface area contributed by atoms with Gasteiger partial charge in [0.15, 0.2) is 5.12 Å². The molecule has 1 rings (SSSR count). The highest BCUT2D eigenvalue weighted by atomic mass is 32.2. The Morgan fingerprint density at radius 3 is 2.67 bits per heavy atom. The van der Waals surface area contributed by atoms with Gasteiger partial charge in [-0.3, -0.25) is 9.59 Å². The third kappa shape index (κ3) is 6.07. The molecule has 2 nitrogen and oxygen atoms in total. The summed E-state index contributed by atoms with van der Waals surface area (Å²) in [5.74, 6) is 6.79. The van der Waals surface area contributed by atoms with E-state index in [1.165, 1.54) is 17.8 Å². The molecule has 92 valence electrons. The monoisotopic (exact) mass is 258 g/mol. The second-order valence-electron chi connectivity index (χ2n) is 3.51. The zero-order valence-corrected chi connectivity index (χ0v) is 11.0. The number of hydrogen-bond donors (Lipinski definition) is 0. The first-order chi connectivity index (χ1) is 8.72. The maximum absolute atomic E-state index is 10.7. The fourth-order valence-electron chi connectivity index (χ4n) is 1.24. The van der Waals surface area contributed by atoms with E-state index in [1.807, 2.05) is 24.3 Å². The van der Waals surface area contributed by atoms with Gasteiger partial charge in [-0.15, -0.1) is 0 Å². The van der Waals surface area contributed by atoms with Crippen LogP contribution in [0, 0.1) is 11.8 Å². The summed E-state index contributed by atoms with van der Waals surface area (Å²) in [4.78, 5) is 20.8. The third-order valence-corrected chi connectivity index (χ3v) is 2.86. The molecule has 3 heteroatoms. The minimum absolute atomic E-state index is 0.128. The number of thioether (sulfide) groups is 1. The lowest BCUT2D eigenvalue weighted by Crippen LogP contribution is -1.84. The van der Waals surface area contributed by atoms with E-state index in [4.69, 9.17) is 0 Å². The van der Waals surface area contributed by atoms with Crippen molar-refractivity contribution in [1.82, 2.24) is 0 Å². The Bertz CT molecular complexity index is 489. The van der Waals surface area contributed by atoms with Crippen LogP contribution in [-0.2, 0) is 9.59 Å². The number of rotatable bonds is 4. The zero-order valence-electron chi connectivity index (χ0n) is 10.2. The smallest absolute Gasteiger partial charge is 0.185 e. The van der Waals surface area contributed by atoms with E-state index >= 15 is 0 Å². The molecule has 1 aromatic rings. The lowest BCUT2D eigenvalue weighted by atomic mass is 10.1. The van der Waals surface area contributed by atoms with E-state index < -0.39 is 0 Å².